The van der Waals surface area contributed by atoms with Gasteiger partial charge < -0.3 is 4.90 Å². The topological polar surface area (TPSA) is 41.4 Å². The van der Waals surface area contributed by atoms with Crippen LogP contribution in [0.1, 0.15) is 22.3 Å². The zero-order valence-corrected chi connectivity index (χ0v) is 17.5. The summed E-state index contributed by atoms with van der Waals surface area (Å²) >= 11 is 12.0. The Hall–Kier alpha value is -2.34. The summed E-state index contributed by atoms with van der Waals surface area (Å²) in [4.78, 5) is 17.3. The second kappa shape index (κ2) is 8.99. The third-order valence-electron chi connectivity index (χ3n) is 5.10. The van der Waals surface area contributed by atoms with Gasteiger partial charge in [0.15, 0.2) is 0 Å². The van der Waals surface area contributed by atoms with Crippen LogP contribution in [-0.4, -0.2) is 51.7 Å². The highest BCUT2D eigenvalue weighted by Gasteiger charge is 2.21. The number of hydrogen-bond donors (Lipinski definition) is 0. The van der Waals surface area contributed by atoms with Crippen LogP contribution in [0.15, 0.2) is 60.9 Å². The number of benzene rings is 2. The molecule has 1 saturated heterocycles. The van der Waals surface area contributed by atoms with E-state index in [1.807, 2.05) is 41.3 Å². The van der Waals surface area contributed by atoms with Crippen molar-refractivity contribution >= 4 is 29.1 Å². The molecule has 1 fully saturated rings. The van der Waals surface area contributed by atoms with E-state index in [1.54, 1.807) is 17.1 Å². The van der Waals surface area contributed by atoms with E-state index >= 15 is 0 Å². The van der Waals surface area contributed by atoms with Crippen molar-refractivity contribution < 1.29 is 4.79 Å². The largest absolute Gasteiger partial charge is 0.337 e. The van der Waals surface area contributed by atoms with Gasteiger partial charge in [-0.15, -0.1) is 0 Å². The minimum absolute atomic E-state index is 0.0200. The molecule has 1 amide bonds. The van der Waals surface area contributed by atoms with Gasteiger partial charge in [0.25, 0.3) is 5.91 Å². The minimum Gasteiger partial charge on any atom is -0.337 e. The first-order chi connectivity index (χ1) is 14.1. The van der Waals surface area contributed by atoms with Gasteiger partial charge in [0.1, 0.15) is 0 Å². The van der Waals surface area contributed by atoms with Crippen LogP contribution >= 0.6 is 23.2 Å². The van der Waals surface area contributed by atoms with Crippen LogP contribution in [0.25, 0.3) is 5.69 Å². The molecule has 0 aliphatic carbocycles. The predicted molar refractivity (Wildman–Crippen MR) is 116 cm³/mol. The van der Waals surface area contributed by atoms with Crippen LogP contribution in [-0.2, 0) is 6.54 Å². The van der Waals surface area contributed by atoms with Crippen molar-refractivity contribution in [3.8, 4) is 5.69 Å². The minimum atomic E-state index is 0.0200. The normalized spacial score (nSPS) is 15.3. The van der Waals surface area contributed by atoms with Gasteiger partial charge in [-0.25, -0.2) is 4.68 Å². The third-order valence-corrected chi connectivity index (χ3v) is 5.58. The smallest absolute Gasteiger partial charge is 0.257 e. The maximum Gasteiger partial charge on any atom is 0.257 e. The molecule has 0 atom stereocenters. The molecule has 0 N–H and O–H groups in total. The van der Waals surface area contributed by atoms with Crippen LogP contribution in [0.5, 0.6) is 0 Å². The summed E-state index contributed by atoms with van der Waals surface area (Å²) in [5, 5.41) is 5.72. The quantitative estimate of drug-likeness (QED) is 0.612. The molecular weight excluding hydrogens is 407 g/mol. The zero-order chi connectivity index (χ0) is 20.2. The Bertz CT molecular complexity index is 986. The van der Waals surface area contributed by atoms with E-state index < -0.39 is 0 Å². The molecule has 29 heavy (non-hydrogen) atoms. The molecule has 0 spiro atoms. The number of nitrogens with zero attached hydrogens (tertiary/aromatic N) is 4. The number of amides is 1. The number of rotatable bonds is 4. The van der Waals surface area contributed by atoms with Gasteiger partial charge >= 0.3 is 0 Å². The Morgan fingerprint density at radius 3 is 2.59 bits per heavy atom. The summed E-state index contributed by atoms with van der Waals surface area (Å²) in [7, 11) is 0. The molecule has 150 valence electrons. The Morgan fingerprint density at radius 1 is 0.966 bits per heavy atom. The molecule has 0 radical (unpaired) electrons. The van der Waals surface area contributed by atoms with Crippen LogP contribution in [0, 0.1) is 0 Å². The summed E-state index contributed by atoms with van der Waals surface area (Å²) in [5.74, 6) is 0.0200. The summed E-state index contributed by atoms with van der Waals surface area (Å²) in [6.45, 7) is 4.13. The summed E-state index contributed by atoms with van der Waals surface area (Å²) in [6.07, 6.45) is 4.34. The first-order valence-corrected chi connectivity index (χ1v) is 10.4. The van der Waals surface area contributed by atoms with E-state index in [0.717, 1.165) is 43.3 Å². The van der Waals surface area contributed by atoms with Crippen molar-refractivity contribution in [1.29, 1.82) is 0 Å². The van der Waals surface area contributed by atoms with E-state index in [2.05, 4.69) is 22.1 Å². The molecule has 1 aliphatic heterocycles. The second-order valence-corrected chi connectivity index (χ2v) is 8.07. The molecule has 4 rings (SSSR count). The maximum atomic E-state index is 13.0. The summed E-state index contributed by atoms with van der Waals surface area (Å²) < 4.78 is 1.68. The zero-order valence-electron chi connectivity index (χ0n) is 16.0. The SMILES string of the molecule is O=C(c1cnn(-c2cccc(Cl)c2)c1)N1CCCN(Cc2ccc(Cl)cc2)CC1. The summed E-state index contributed by atoms with van der Waals surface area (Å²) in [6, 6.07) is 15.4. The van der Waals surface area contributed by atoms with Crippen molar-refractivity contribution in [1.82, 2.24) is 19.6 Å². The van der Waals surface area contributed by atoms with E-state index in [0.29, 0.717) is 17.1 Å². The van der Waals surface area contributed by atoms with Crippen LogP contribution in [0.4, 0.5) is 0 Å². The highest BCUT2D eigenvalue weighted by Crippen LogP contribution is 2.17. The molecule has 0 unspecified atom stereocenters. The van der Waals surface area contributed by atoms with Gasteiger partial charge in [0.05, 0.1) is 17.4 Å². The standard InChI is InChI=1S/C22H22Cl2N4O/c23-19-7-5-17(6-8-19)15-26-9-2-10-27(12-11-26)22(29)18-14-25-28(16-18)21-4-1-3-20(24)13-21/h1,3-8,13-14,16H,2,9-12,15H2. The summed E-state index contributed by atoms with van der Waals surface area (Å²) in [5.41, 5.74) is 2.66. The van der Waals surface area contributed by atoms with E-state index in [9.17, 15) is 4.79 Å². The van der Waals surface area contributed by atoms with Crippen molar-refractivity contribution in [2.24, 2.45) is 0 Å². The fourth-order valence-electron chi connectivity index (χ4n) is 3.56. The number of carbonyl (C=O) groups is 1. The molecule has 3 aromatic rings. The third kappa shape index (κ3) is 4.99. The van der Waals surface area contributed by atoms with E-state index in [1.165, 1.54) is 5.56 Å². The van der Waals surface area contributed by atoms with Gasteiger partial charge in [0, 0.05) is 49.0 Å². The highest BCUT2D eigenvalue weighted by molar-refractivity contribution is 6.30. The van der Waals surface area contributed by atoms with E-state index in [-0.39, 0.29) is 5.91 Å². The Labute approximate surface area is 180 Å². The van der Waals surface area contributed by atoms with Crippen molar-refractivity contribution in [2.45, 2.75) is 13.0 Å². The Kier molecular flexibility index (Phi) is 6.19. The van der Waals surface area contributed by atoms with Crippen LogP contribution < -0.4 is 0 Å². The lowest BCUT2D eigenvalue weighted by atomic mass is 10.2. The Morgan fingerprint density at radius 2 is 1.79 bits per heavy atom. The monoisotopic (exact) mass is 428 g/mol. The highest BCUT2D eigenvalue weighted by atomic mass is 35.5. The molecule has 0 bridgehead atoms. The number of hydrogen-bond acceptors (Lipinski definition) is 3. The molecular formula is C22H22Cl2N4O. The fraction of sp³-hybridized carbons (Fsp3) is 0.273. The fourth-order valence-corrected chi connectivity index (χ4v) is 3.87. The molecule has 2 aromatic carbocycles. The molecule has 1 aromatic heterocycles. The lowest BCUT2D eigenvalue weighted by molar-refractivity contribution is 0.0761. The first-order valence-electron chi connectivity index (χ1n) is 9.65. The lowest BCUT2D eigenvalue weighted by Gasteiger charge is -2.21. The van der Waals surface area contributed by atoms with Gasteiger partial charge in [-0.3, -0.25) is 9.69 Å². The molecule has 1 aliphatic rings. The van der Waals surface area contributed by atoms with Gasteiger partial charge in [-0.1, -0.05) is 41.4 Å². The maximum absolute atomic E-state index is 13.0. The van der Waals surface area contributed by atoms with Crippen LogP contribution in [0.2, 0.25) is 10.0 Å². The lowest BCUT2D eigenvalue weighted by Crippen LogP contribution is -2.35. The predicted octanol–water partition coefficient (Wildman–Crippen LogP) is 4.53. The number of aromatic nitrogens is 2. The van der Waals surface area contributed by atoms with Gasteiger partial charge in [-0.05, 0) is 42.3 Å². The first kappa shape index (κ1) is 20.0. The van der Waals surface area contributed by atoms with Crippen LogP contribution in [0.3, 0.4) is 0 Å². The number of carbonyl (C=O) groups excluding carboxylic acids is 1. The molecule has 5 nitrogen and oxygen atoms in total. The molecule has 2 heterocycles. The van der Waals surface area contributed by atoms with E-state index in [4.69, 9.17) is 23.2 Å². The van der Waals surface area contributed by atoms with Crippen molar-refractivity contribution in [3.05, 3.63) is 82.1 Å². The molecule has 0 saturated carbocycles. The van der Waals surface area contributed by atoms with Crippen molar-refractivity contribution in [2.75, 3.05) is 26.2 Å². The number of halogens is 2. The van der Waals surface area contributed by atoms with Gasteiger partial charge in [0.2, 0.25) is 0 Å². The van der Waals surface area contributed by atoms with Crippen molar-refractivity contribution in [3.63, 3.8) is 0 Å². The average molecular weight is 429 g/mol. The van der Waals surface area contributed by atoms with Gasteiger partial charge in [-0.2, -0.15) is 5.10 Å². The Balaban J connectivity index is 1.39. The second-order valence-electron chi connectivity index (χ2n) is 7.20. The average Bonchev–Trinajstić information content (AvgIpc) is 3.10. The molecule has 7 heteroatoms.